The maximum Gasteiger partial charge on any atom is 0.472 e. The molecule has 0 heterocycles. The lowest BCUT2D eigenvalue weighted by molar-refractivity contribution is -0.153. The molecule has 0 aliphatic heterocycles. The zero-order valence-corrected chi connectivity index (χ0v) is 33.5. The average molecular weight is 730 g/mol. The summed E-state index contributed by atoms with van der Waals surface area (Å²) in [5.41, 5.74) is 5.36. The van der Waals surface area contributed by atoms with E-state index in [-0.39, 0.29) is 32.3 Å². The summed E-state index contributed by atoms with van der Waals surface area (Å²) < 4.78 is 33.1. The van der Waals surface area contributed by atoms with Crippen LogP contribution in [0, 0.1) is 0 Å². The molecule has 0 saturated heterocycles. The predicted molar refractivity (Wildman–Crippen MR) is 210 cm³/mol. The second-order valence-electron chi connectivity index (χ2n) is 13.9. The van der Waals surface area contributed by atoms with Crippen molar-refractivity contribution >= 4 is 13.8 Å². The number of carbonyl (C=O) groups excluding carboxylic acids is 1. The lowest BCUT2D eigenvalue weighted by atomic mass is 10.0. The van der Waals surface area contributed by atoms with Crippen molar-refractivity contribution in [2.45, 2.75) is 206 Å². The van der Waals surface area contributed by atoms with E-state index in [2.05, 4.69) is 26.0 Å². The molecule has 0 aromatic rings. The Morgan fingerprint density at radius 1 is 0.600 bits per heavy atom. The monoisotopic (exact) mass is 730 g/mol. The summed E-state index contributed by atoms with van der Waals surface area (Å²) in [6.45, 7) is 4.24. The van der Waals surface area contributed by atoms with E-state index in [1.165, 1.54) is 148 Å². The molecule has 0 fully saturated rings. The van der Waals surface area contributed by atoms with Gasteiger partial charge in [0, 0.05) is 13.0 Å². The third-order valence-corrected chi connectivity index (χ3v) is 9.92. The number of rotatable bonds is 40. The molecule has 3 N–H and O–H groups in total. The molecular formula is C41H80NO7P. The molecule has 0 aromatic carbocycles. The van der Waals surface area contributed by atoms with Gasteiger partial charge in [-0.1, -0.05) is 161 Å². The Morgan fingerprint density at radius 3 is 1.50 bits per heavy atom. The lowest BCUT2D eigenvalue weighted by Crippen LogP contribution is -2.27. The van der Waals surface area contributed by atoms with Gasteiger partial charge in [0.1, 0.15) is 6.61 Å². The van der Waals surface area contributed by atoms with Crippen molar-refractivity contribution in [2.24, 2.45) is 5.73 Å². The first-order chi connectivity index (χ1) is 24.4. The van der Waals surface area contributed by atoms with E-state index in [9.17, 15) is 14.3 Å². The van der Waals surface area contributed by atoms with E-state index in [1.807, 2.05) is 6.08 Å². The minimum atomic E-state index is -4.29. The third kappa shape index (κ3) is 38.1. The Bertz CT molecular complexity index is 823. The zero-order chi connectivity index (χ0) is 36.6. The van der Waals surface area contributed by atoms with Crippen LogP contribution in [0.4, 0.5) is 0 Å². The molecule has 0 aromatic heterocycles. The molecule has 0 spiro atoms. The van der Waals surface area contributed by atoms with Gasteiger partial charge in [-0.05, 0) is 51.0 Å². The van der Waals surface area contributed by atoms with Crippen LogP contribution in [0.2, 0.25) is 0 Å². The van der Waals surface area contributed by atoms with Gasteiger partial charge in [-0.3, -0.25) is 13.8 Å². The van der Waals surface area contributed by atoms with Gasteiger partial charge >= 0.3 is 13.8 Å². The molecule has 9 heteroatoms. The van der Waals surface area contributed by atoms with Gasteiger partial charge in [0.2, 0.25) is 0 Å². The van der Waals surface area contributed by atoms with Crippen molar-refractivity contribution in [1.82, 2.24) is 0 Å². The smallest absolute Gasteiger partial charge is 0.472 e. The minimum absolute atomic E-state index is 0.0336. The number of allylic oxidation sites excluding steroid dienone is 3. The number of phosphoric acid groups is 1. The molecule has 50 heavy (non-hydrogen) atoms. The van der Waals surface area contributed by atoms with Crippen LogP contribution in [0.15, 0.2) is 24.5 Å². The third-order valence-electron chi connectivity index (χ3n) is 8.94. The highest BCUT2D eigenvalue weighted by Gasteiger charge is 2.25. The molecule has 0 radical (unpaired) electrons. The minimum Gasteiger partial charge on any atom is -0.498 e. The van der Waals surface area contributed by atoms with Crippen molar-refractivity contribution in [3.05, 3.63) is 24.5 Å². The number of hydrogen-bond donors (Lipinski definition) is 2. The summed E-state index contributed by atoms with van der Waals surface area (Å²) in [4.78, 5) is 22.4. The van der Waals surface area contributed by atoms with Crippen LogP contribution in [0.1, 0.15) is 200 Å². The second kappa shape index (κ2) is 39.0. The molecule has 296 valence electrons. The van der Waals surface area contributed by atoms with Crippen LogP contribution in [0.3, 0.4) is 0 Å². The fourth-order valence-electron chi connectivity index (χ4n) is 5.84. The Hall–Kier alpha value is -1.18. The molecule has 0 aliphatic carbocycles. The first-order valence-corrected chi connectivity index (χ1v) is 22.4. The quantitative estimate of drug-likeness (QED) is 0.0210. The molecule has 8 nitrogen and oxygen atoms in total. The maximum absolute atomic E-state index is 12.5. The Morgan fingerprint density at radius 2 is 1.02 bits per heavy atom. The van der Waals surface area contributed by atoms with Crippen molar-refractivity contribution < 1.29 is 32.8 Å². The summed E-state index contributed by atoms with van der Waals surface area (Å²) >= 11 is 0. The predicted octanol–water partition coefficient (Wildman–Crippen LogP) is 12.4. The topological polar surface area (TPSA) is 117 Å². The van der Waals surface area contributed by atoms with Gasteiger partial charge in [-0.15, -0.1) is 0 Å². The Balaban J connectivity index is 4.09. The number of phosphoric ester groups is 1. The number of esters is 1. The van der Waals surface area contributed by atoms with Gasteiger partial charge in [-0.2, -0.15) is 0 Å². The molecular weight excluding hydrogens is 649 g/mol. The van der Waals surface area contributed by atoms with Crippen LogP contribution in [0.5, 0.6) is 0 Å². The Labute approximate surface area is 308 Å². The SMILES string of the molecule is CCCCCCC=CCCCCCCCCCC(=O)O[C@H](COC=CCCCCCCCCCCCCCCCC)COP(=O)(O)OCCN. The summed E-state index contributed by atoms with van der Waals surface area (Å²) in [7, 11) is -4.29. The zero-order valence-electron chi connectivity index (χ0n) is 32.6. The molecule has 0 rings (SSSR count). The normalized spacial score (nSPS) is 13.7. The summed E-state index contributed by atoms with van der Waals surface area (Å²) in [6.07, 6.45) is 42.8. The van der Waals surface area contributed by atoms with Gasteiger partial charge in [0.05, 0.1) is 19.5 Å². The van der Waals surface area contributed by atoms with E-state index in [0.29, 0.717) is 6.42 Å². The fraction of sp³-hybridized carbons (Fsp3) is 0.878. The van der Waals surface area contributed by atoms with E-state index in [4.69, 9.17) is 24.3 Å². The molecule has 1 unspecified atom stereocenters. The maximum atomic E-state index is 12.5. The van der Waals surface area contributed by atoms with Gasteiger partial charge < -0.3 is 20.1 Å². The molecule has 0 saturated carbocycles. The molecule has 2 atom stereocenters. The highest BCUT2D eigenvalue weighted by Crippen LogP contribution is 2.43. The number of ether oxygens (including phenoxy) is 2. The highest BCUT2D eigenvalue weighted by molar-refractivity contribution is 7.47. The lowest BCUT2D eigenvalue weighted by Gasteiger charge is -2.19. The largest absolute Gasteiger partial charge is 0.498 e. The number of carbonyl (C=O) groups is 1. The van der Waals surface area contributed by atoms with Crippen LogP contribution < -0.4 is 5.73 Å². The standard InChI is InChI=1S/C41H80NO7P/c1-3-5-7-9-11-13-15-17-19-21-23-25-27-29-31-33-36-46-38-40(39-48-50(44,45)47-37-35-42)49-41(43)34-32-30-28-26-24-22-20-18-16-14-12-10-8-6-4-2/h14,16,33,36,40H,3-13,15,17-32,34-35,37-39,42H2,1-2H3,(H,44,45)/t40-/m1/s1. The molecule has 0 bridgehead atoms. The van der Waals surface area contributed by atoms with Crippen molar-refractivity contribution in [2.75, 3.05) is 26.4 Å². The van der Waals surface area contributed by atoms with Crippen LogP contribution in [-0.4, -0.2) is 43.3 Å². The first kappa shape index (κ1) is 48.8. The van der Waals surface area contributed by atoms with Gasteiger partial charge in [0.25, 0.3) is 0 Å². The number of nitrogens with two attached hydrogens (primary N) is 1. The summed E-state index contributed by atoms with van der Waals surface area (Å²) in [5.74, 6) is -0.356. The molecule has 0 amide bonds. The number of unbranched alkanes of at least 4 members (excludes halogenated alkanes) is 25. The van der Waals surface area contributed by atoms with Crippen molar-refractivity contribution in [1.29, 1.82) is 0 Å². The van der Waals surface area contributed by atoms with Gasteiger partial charge in [-0.25, -0.2) is 4.57 Å². The number of hydrogen-bond acceptors (Lipinski definition) is 7. The average Bonchev–Trinajstić information content (AvgIpc) is 3.10. The van der Waals surface area contributed by atoms with E-state index < -0.39 is 13.9 Å². The second-order valence-corrected chi connectivity index (χ2v) is 15.4. The highest BCUT2D eigenvalue weighted by atomic mass is 31.2. The first-order valence-electron chi connectivity index (χ1n) is 20.9. The van der Waals surface area contributed by atoms with Crippen molar-refractivity contribution in [3.63, 3.8) is 0 Å². The van der Waals surface area contributed by atoms with Crippen LogP contribution >= 0.6 is 7.82 Å². The van der Waals surface area contributed by atoms with E-state index in [1.54, 1.807) is 6.26 Å². The van der Waals surface area contributed by atoms with Crippen LogP contribution in [0.25, 0.3) is 0 Å². The fourth-order valence-corrected chi connectivity index (χ4v) is 6.60. The van der Waals surface area contributed by atoms with Crippen LogP contribution in [-0.2, 0) is 27.9 Å². The summed E-state index contributed by atoms with van der Waals surface area (Å²) in [6, 6.07) is 0. The van der Waals surface area contributed by atoms with Crippen molar-refractivity contribution in [3.8, 4) is 0 Å². The molecule has 0 aliphatic rings. The summed E-state index contributed by atoms with van der Waals surface area (Å²) in [5, 5.41) is 0. The van der Waals surface area contributed by atoms with E-state index >= 15 is 0 Å². The van der Waals surface area contributed by atoms with E-state index in [0.717, 1.165) is 32.1 Å². The Kier molecular flexibility index (Phi) is 38.1. The van der Waals surface area contributed by atoms with Gasteiger partial charge in [0.15, 0.2) is 6.10 Å².